The lowest BCUT2D eigenvalue weighted by Crippen LogP contribution is -2.18. The van der Waals surface area contributed by atoms with E-state index in [0.717, 1.165) is 6.07 Å². The van der Waals surface area contributed by atoms with Crippen LogP contribution >= 0.6 is 27.5 Å². The molecule has 8 heteroatoms. The largest absolute Gasteiger partial charge is 0.417 e. The average Bonchev–Trinajstić information content (AvgIpc) is 2.78. The number of alkyl halides is 3. The molecule has 2 aromatic rings. The first-order valence-electron chi connectivity index (χ1n) is 6.09. The molecule has 1 unspecified atom stereocenters. The minimum absolute atomic E-state index is 0.0268. The molecule has 0 fully saturated rings. The lowest BCUT2D eigenvalue weighted by molar-refractivity contribution is -0.138. The molecule has 2 N–H and O–H groups in total. The molecular weight excluding hydrogens is 371 g/mol. The summed E-state index contributed by atoms with van der Waals surface area (Å²) in [6.07, 6.45) is -3.02. The third kappa shape index (κ3) is 3.25. The van der Waals surface area contributed by atoms with Crippen LogP contribution in [-0.2, 0) is 12.7 Å². The van der Waals surface area contributed by atoms with E-state index < -0.39 is 17.8 Å². The molecule has 0 aliphatic carbocycles. The summed E-state index contributed by atoms with van der Waals surface area (Å²) in [7, 11) is 0. The number of benzene rings is 1. The quantitative estimate of drug-likeness (QED) is 0.856. The number of hydrogen-bond donors (Lipinski definition) is 1. The van der Waals surface area contributed by atoms with Gasteiger partial charge in [0.1, 0.15) is 0 Å². The van der Waals surface area contributed by atoms with Crippen molar-refractivity contribution in [1.82, 2.24) is 9.78 Å². The fourth-order valence-corrected chi connectivity index (χ4v) is 2.77. The van der Waals surface area contributed by atoms with Gasteiger partial charge < -0.3 is 5.73 Å². The molecule has 1 atom stereocenters. The average molecular weight is 383 g/mol. The Bertz CT molecular complexity index is 655. The summed E-state index contributed by atoms with van der Waals surface area (Å²) < 4.78 is 40.4. The first kappa shape index (κ1) is 16.3. The summed E-state index contributed by atoms with van der Waals surface area (Å²) in [6.45, 7) is 2.38. The van der Waals surface area contributed by atoms with Gasteiger partial charge in [0.25, 0.3) is 0 Å². The molecule has 3 nitrogen and oxygen atoms in total. The van der Waals surface area contributed by atoms with Crippen molar-refractivity contribution in [3.63, 3.8) is 0 Å². The van der Waals surface area contributed by atoms with Gasteiger partial charge in [0.15, 0.2) is 0 Å². The second kappa shape index (κ2) is 5.98. The number of rotatable bonds is 3. The highest BCUT2D eigenvalue weighted by atomic mass is 79.9. The molecule has 0 aliphatic heterocycles. The van der Waals surface area contributed by atoms with Crippen molar-refractivity contribution in [3.05, 3.63) is 50.7 Å². The van der Waals surface area contributed by atoms with Crippen LogP contribution in [0.4, 0.5) is 13.2 Å². The molecular formula is C13H12BrClF3N3. The van der Waals surface area contributed by atoms with Crippen molar-refractivity contribution in [2.45, 2.75) is 25.7 Å². The molecule has 1 aromatic carbocycles. The van der Waals surface area contributed by atoms with E-state index in [2.05, 4.69) is 21.0 Å². The maximum Gasteiger partial charge on any atom is 0.417 e. The van der Waals surface area contributed by atoms with E-state index in [9.17, 15) is 13.2 Å². The monoisotopic (exact) mass is 381 g/mol. The van der Waals surface area contributed by atoms with Gasteiger partial charge in [-0.2, -0.15) is 18.3 Å². The normalized spacial score (nSPS) is 13.5. The number of nitrogens with two attached hydrogens (primary N) is 1. The number of halogens is 5. The van der Waals surface area contributed by atoms with Crippen LogP contribution in [0.5, 0.6) is 0 Å². The van der Waals surface area contributed by atoms with E-state index in [0.29, 0.717) is 22.8 Å². The summed E-state index contributed by atoms with van der Waals surface area (Å²) in [5.74, 6) is 0. The summed E-state index contributed by atoms with van der Waals surface area (Å²) in [5, 5.41) is 4.38. The standard InChI is InChI=1S/C13H12BrClF3N3/c1-2-21-12(10(15)6-20-21)11(19)7-3-4-9(14)8(5-7)13(16,17)18/h3-6,11H,2,19H2,1H3. The van der Waals surface area contributed by atoms with Gasteiger partial charge >= 0.3 is 6.18 Å². The van der Waals surface area contributed by atoms with Crippen LogP contribution < -0.4 is 5.73 Å². The van der Waals surface area contributed by atoms with Crippen LogP contribution in [0.3, 0.4) is 0 Å². The fraction of sp³-hybridized carbons (Fsp3) is 0.308. The van der Waals surface area contributed by atoms with E-state index in [4.69, 9.17) is 17.3 Å². The van der Waals surface area contributed by atoms with Gasteiger partial charge in [-0.05, 0) is 24.6 Å². The molecule has 1 aromatic heterocycles. The summed E-state index contributed by atoms with van der Waals surface area (Å²) in [5.41, 5.74) is 6.12. The fourth-order valence-electron chi connectivity index (χ4n) is 2.04. The Morgan fingerprint density at radius 3 is 2.67 bits per heavy atom. The van der Waals surface area contributed by atoms with Crippen molar-refractivity contribution >= 4 is 27.5 Å². The highest BCUT2D eigenvalue weighted by Gasteiger charge is 2.34. The van der Waals surface area contributed by atoms with Crippen LogP contribution in [0.2, 0.25) is 5.02 Å². The first-order valence-corrected chi connectivity index (χ1v) is 7.26. The van der Waals surface area contributed by atoms with E-state index >= 15 is 0 Å². The van der Waals surface area contributed by atoms with Crippen molar-refractivity contribution in [1.29, 1.82) is 0 Å². The number of aryl methyl sites for hydroxylation is 1. The van der Waals surface area contributed by atoms with Crippen LogP contribution in [-0.4, -0.2) is 9.78 Å². The van der Waals surface area contributed by atoms with Crippen molar-refractivity contribution in [3.8, 4) is 0 Å². The van der Waals surface area contributed by atoms with Gasteiger partial charge in [-0.1, -0.05) is 33.6 Å². The van der Waals surface area contributed by atoms with Gasteiger partial charge in [0.2, 0.25) is 0 Å². The molecule has 0 spiro atoms. The van der Waals surface area contributed by atoms with Gasteiger partial charge in [-0.15, -0.1) is 0 Å². The Morgan fingerprint density at radius 2 is 2.10 bits per heavy atom. The zero-order valence-electron chi connectivity index (χ0n) is 11.0. The molecule has 0 saturated heterocycles. The topological polar surface area (TPSA) is 43.8 Å². The lowest BCUT2D eigenvalue weighted by Gasteiger charge is -2.17. The van der Waals surface area contributed by atoms with Crippen LogP contribution in [0.25, 0.3) is 0 Å². The van der Waals surface area contributed by atoms with Gasteiger partial charge in [0.05, 0.1) is 28.5 Å². The molecule has 2 rings (SSSR count). The molecule has 0 amide bonds. The van der Waals surface area contributed by atoms with Gasteiger partial charge in [-0.25, -0.2) is 0 Å². The molecule has 21 heavy (non-hydrogen) atoms. The van der Waals surface area contributed by atoms with Gasteiger partial charge in [-0.3, -0.25) is 4.68 Å². The van der Waals surface area contributed by atoms with E-state index in [1.54, 1.807) is 4.68 Å². The van der Waals surface area contributed by atoms with Crippen LogP contribution in [0, 0.1) is 0 Å². The smallest absolute Gasteiger partial charge is 0.319 e. The maximum absolute atomic E-state index is 12.9. The molecule has 0 bridgehead atoms. The van der Waals surface area contributed by atoms with E-state index in [1.807, 2.05) is 6.92 Å². The predicted octanol–water partition coefficient (Wildman–Crippen LogP) is 4.39. The van der Waals surface area contributed by atoms with E-state index in [-0.39, 0.29) is 4.47 Å². The Labute approximate surface area is 133 Å². The van der Waals surface area contributed by atoms with Crippen molar-refractivity contribution < 1.29 is 13.2 Å². The lowest BCUT2D eigenvalue weighted by atomic mass is 10.0. The Hall–Kier alpha value is -1.05. The second-order valence-corrected chi connectivity index (χ2v) is 5.67. The third-order valence-electron chi connectivity index (χ3n) is 3.08. The van der Waals surface area contributed by atoms with E-state index in [1.165, 1.54) is 18.3 Å². The highest BCUT2D eigenvalue weighted by Crippen LogP contribution is 2.37. The van der Waals surface area contributed by atoms with Crippen molar-refractivity contribution in [2.75, 3.05) is 0 Å². The third-order valence-corrected chi connectivity index (χ3v) is 4.07. The van der Waals surface area contributed by atoms with Crippen LogP contribution in [0.15, 0.2) is 28.9 Å². The molecule has 0 radical (unpaired) electrons. The minimum atomic E-state index is -4.46. The van der Waals surface area contributed by atoms with Gasteiger partial charge in [0, 0.05) is 11.0 Å². The summed E-state index contributed by atoms with van der Waals surface area (Å²) in [4.78, 5) is 0. The summed E-state index contributed by atoms with van der Waals surface area (Å²) in [6, 6.07) is 3.11. The minimum Gasteiger partial charge on any atom is -0.319 e. The zero-order chi connectivity index (χ0) is 15.8. The predicted molar refractivity (Wildman–Crippen MR) is 78.1 cm³/mol. The highest BCUT2D eigenvalue weighted by molar-refractivity contribution is 9.10. The van der Waals surface area contributed by atoms with Crippen LogP contribution in [0.1, 0.15) is 29.8 Å². The molecule has 0 aliphatic rings. The second-order valence-electron chi connectivity index (χ2n) is 4.41. The molecule has 0 saturated carbocycles. The maximum atomic E-state index is 12.9. The Balaban J connectivity index is 2.49. The van der Waals surface area contributed by atoms with Crippen molar-refractivity contribution in [2.24, 2.45) is 5.73 Å². The molecule has 1 heterocycles. The Kier molecular flexibility index (Phi) is 4.65. The SMILES string of the molecule is CCn1ncc(Cl)c1C(N)c1ccc(Br)c(C(F)(F)F)c1. The Morgan fingerprint density at radius 1 is 1.43 bits per heavy atom. The number of nitrogens with zero attached hydrogens (tertiary/aromatic N) is 2. The number of aromatic nitrogens is 2. The summed E-state index contributed by atoms with van der Waals surface area (Å²) >= 11 is 8.94. The number of hydrogen-bond acceptors (Lipinski definition) is 2. The first-order chi connectivity index (χ1) is 9.75. The zero-order valence-corrected chi connectivity index (χ0v) is 13.3. The molecule has 114 valence electrons.